The Bertz CT molecular complexity index is 724. The summed E-state index contributed by atoms with van der Waals surface area (Å²) in [5.74, 6) is -1.23. The largest absolute Gasteiger partial charge is 0.508 e. The van der Waals surface area contributed by atoms with Crippen LogP contribution in [0.5, 0.6) is 5.75 Å². The van der Waals surface area contributed by atoms with Crippen molar-refractivity contribution in [2.75, 3.05) is 6.61 Å². The summed E-state index contributed by atoms with van der Waals surface area (Å²) in [6.45, 7) is 6.28. The molecule has 0 aliphatic heterocycles. The number of aromatic hydroxyl groups is 1. The topological polar surface area (TPSA) is 88.8 Å². The van der Waals surface area contributed by atoms with E-state index in [4.69, 9.17) is 4.74 Å². The molecule has 118 valence electrons. The van der Waals surface area contributed by atoms with Crippen molar-refractivity contribution in [2.24, 2.45) is 5.41 Å². The monoisotopic (exact) mass is 305 g/mol. The zero-order valence-electron chi connectivity index (χ0n) is 12.8. The number of aromatic nitrogens is 1. The molecule has 2 rings (SSSR count). The van der Waals surface area contributed by atoms with Crippen LogP contribution in [0.15, 0.2) is 24.3 Å². The first-order valence-electron chi connectivity index (χ1n) is 6.94. The summed E-state index contributed by atoms with van der Waals surface area (Å²) in [5, 5.41) is 19.2. The number of carboxylic acid groups (broad SMARTS) is 1. The van der Waals surface area contributed by atoms with Gasteiger partial charge in [-0.25, -0.2) is 14.2 Å². The van der Waals surface area contributed by atoms with Gasteiger partial charge in [-0.2, -0.15) is 0 Å². The molecule has 0 aliphatic rings. The van der Waals surface area contributed by atoms with Crippen LogP contribution < -0.4 is 0 Å². The highest BCUT2D eigenvalue weighted by Crippen LogP contribution is 2.25. The normalized spacial score (nSPS) is 11.6. The van der Waals surface area contributed by atoms with E-state index in [1.807, 2.05) is 20.8 Å². The molecule has 0 unspecified atom stereocenters. The van der Waals surface area contributed by atoms with Crippen LogP contribution in [0.1, 0.15) is 37.7 Å². The van der Waals surface area contributed by atoms with Crippen molar-refractivity contribution in [1.82, 2.24) is 4.57 Å². The van der Waals surface area contributed by atoms with Crippen LogP contribution in [-0.2, 0) is 4.74 Å². The number of hydrogen-bond acceptors (Lipinski definition) is 4. The maximum Gasteiger partial charge on any atom is 0.419 e. The molecule has 1 aromatic heterocycles. The lowest BCUT2D eigenvalue weighted by Crippen LogP contribution is -2.20. The molecule has 6 nitrogen and oxygen atoms in total. The zero-order chi connectivity index (χ0) is 16.5. The lowest BCUT2D eigenvalue weighted by molar-refractivity contribution is 0.0680. The smallest absolute Gasteiger partial charge is 0.419 e. The summed E-state index contributed by atoms with van der Waals surface area (Å²) in [5.41, 5.74) is 0.206. The van der Waals surface area contributed by atoms with Gasteiger partial charge in [0.05, 0.1) is 12.1 Å². The molecule has 0 saturated carbocycles. The number of phenols is 1. The molecule has 0 fully saturated rings. The number of aromatic carboxylic acids is 1. The molecule has 0 spiro atoms. The lowest BCUT2D eigenvalue weighted by atomic mass is 9.93. The van der Waals surface area contributed by atoms with E-state index >= 15 is 0 Å². The van der Waals surface area contributed by atoms with Gasteiger partial charge in [-0.05, 0) is 36.1 Å². The third-order valence-electron chi connectivity index (χ3n) is 3.26. The molecule has 0 bridgehead atoms. The standard InChI is InChI=1S/C16H19NO5/c1-16(2,3)6-7-22-15(21)17-12-5-4-11(18)8-10(12)9-13(17)14(19)20/h4-5,8-9,18H,6-7H2,1-3H3,(H,19,20). The van der Waals surface area contributed by atoms with E-state index in [0.29, 0.717) is 17.3 Å². The molecule has 6 heteroatoms. The highest BCUT2D eigenvalue weighted by molar-refractivity contribution is 6.01. The van der Waals surface area contributed by atoms with Crippen molar-refractivity contribution in [1.29, 1.82) is 0 Å². The molecule has 0 aliphatic carbocycles. The summed E-state index contributed by atoms with van der Waals surface area (Å²) < 4.78 is 6.20. The van der Waals surface area contributed by atoms with E-state index < -0.39 is 12.1 Å². The zero-order valence-corrected chi connectivity index (χ0v) is 12.8. The number of fused-ring (bicyclic) bond motifs is 1. The molecule has 2 N–H and O–H groups in total. The number of carbonyl (C=O) groups is 2. The Morgan fingerprint density at radius 3 is 2.50 bits per heavy atom. The van der Waals surface area contributed by atoms with Crippen LogP contribution in [0.25, 0.3) is 10.9 Å². The highest BCUT2D eigenvalue weighted by atomic mass is 16.5. The highest BCUT2D eigenvalue weighted by Gasteiger charge is 2.21. The Labute approximate surface area is 127 Å². The minimum absolute atomic E-state index is 0.00249. The van der Waals surface area contributed by atoms with E-state index in [2.05, 4.69) is 0 Å². The summed E-state index contributed by atoms with van der Waals surface area (Å²) in [7, 11) is 0. The predicted molar refractivity (Wildman–Crippen MR) is 81.4 cm³/mol. The summed E-state index contributed by atoms with van der Waals surface area (Å²) in [6.07, 6.45) is -0.0662. The molecule has 0 atom stereocenters. The van der Waals surface area contributed by atoms with Gasteiger partial charge in [0, 0.05) is 5.39 Å². The summed E-state index contributed by atoms with van der Waals surface area (Å²) in [4.78, 5) is 23.6. The van der Waals surface area contributed by atoms with E-state index in [1.54, 1.807) is 0 Å². The maximum atomic E-state index is 12.2. The van der Waals surface area contributed by atoms with Crippen molar-refractivity contribution < 1.29 is 24.5 Å². The van der Waals surface area contributed by atoms with Gasteiger partial charge in [-0.15, -0.1) is 0 Å². The number of nitrogens with zero attached hydrogens (tertiary/aromatic N) is 1. The maximum absolute atomic E-state index is 12.2. The molecule has 0 amide bonds. The van der Waals surface area contributed by atoms with Gasteiger partial charge in [0.15, 0.2) is 0 Å². The first-order valence-corrected chi connectivity index (χ1v) is 6.94. The molecule has 1 heterocycles. The second-order valence-electron chi connectivity index (χ2n) is 6.34. The fourth-order valence-corrected chi connectivity index (χ4v) is 2.07. The van der Waals surface area contributed by atoms with Crippen molar-refractivity contribution >= 4 is 23.0 Å². The second kappa shape index (κ2) is 5.71. The van der Waals surface area contributed by atoms with Crippen molar-refractivity contribution in [3.63, 3.8) is 0 Å². The molecule has 22 heavy (non-hydrogen) atoms. The van der Waals surface area contributed by atoms with Gasteiger partial charge in [-0.3, -0.25) is 0 Å². The van der Waals surface area contributed by atoms with Crippen molar-refractivity contribution in [2.45, 2.75) is 27.2 Å². The van der Waals surface area contributed by atoms with E-state index in [1.165, 1.54) is 24.3 Å². The van der Waals surface area contributed by atoms with Crippen molar-refractivity contribution in [3.05, 3.63) is 30.0 Å². The first kappa shape index (κ1) is 15.9. The van der Waals surface area contributed by atoms with Crippen LogP contribution in [-0.4, -0.2) is 33.4 Å². The van der Waals surface area contributed by atoms with Gasteiger partial charge < -0.3 is 14.9 Å². The number of rotatable bonds is 3. The van der Waals surface area contributed by atoms with Gasteiger partial charge in [0.1, 0.15) is 11.4 Å². The molecular weight excluding hydrogens is 286 g/mol. The minimum atomic E-state index is -1.23. The Kier molecular flexibility index (Phi) is 4.12. The molecule has 0 saturated heterocycles. The van der Waals surface area contributed by atoms with Crippen LogP contribution in [0, 0.1) is 5.41 Å². The molecule has 0 radical (unpaired) electrons. The predicted octanol–water partition coefficient (Wildman–Crippen LogP) is 3.47. The van der Waals surface area contributed by atoms with Gasteiger partial charge in [0.2, 0.25) is 0 Å². The van der Waals surface area contributed by atoms with Crippen LogP contribution in [0.3, 0.4) is 0 Å². The summed E-state index contributed by atoms with van der Waals surface area (Å²) in [6, 6.07) is 5.62. The molecular formula is C16H19NO5. The average Bonchev–Trinajstić information content (AvgIpc) is 2.75. The van der Waals surface area contributed by atoms with Gasteiger partial charge >= 0.3 is 12.1 Å². The number of phenolic OH excluding ortho intramolecular Hbond substituents is 1. The number of ether oxygens (including phenoxy) is 1. The average molecular weight is 305 g/mol. The fourth-order valence-electron chi connectivity index (χ4n) is 2.07. The van der Waals surface area contributed by atoms with Crippen molar-refractivity contribution in [3.8, 4) is 5.75 Å². The van der Waals surface area contributed by atoms with Crippen LogP contribution in [0.2, 0.25) is 0 Å². The first-order chi connectivity index (χ1) is 10.2. The number of carboxylic acids is 1. The fraction of sp³-hybridized carbons (Fsp3) is 0.375. The minimum Gasteiger partial charge on any atom is -0.508 e. The van der Waals surface area contributed by atoms with E-state index in [9.17, 15) is 19.8 Å². The number of hydrogen-bond donors (Lipinski definition) is 2. The molecule has 2 aromatic rings. The summed E-state index contributed by atoms with van der Waals surface area (Å²) >= 11 is 0. The van der Waals surface area contributed by atoms with E-state index in [-0.39, 0.29) is 23.5 Å². The Morgan fingerprint density at radius 1 is 1.23 bits per heavy atom. The van der Waals surface area contributed by atoms with E-state index in [0.717, 1.165) is 4.57 Å². The second-order valence-corrected chi connectivity index (χ2v) is 6.34. The Morgan fingerprint density at radius 2 is 1.91 bits per heavy atom. The Balaban J connectivity index is 2.34. The number of benzene rings is 1. The lowest BCUT2D eigenvalue weighted by Gasteiger charge is -2.17. The SMILES string of the molecule is CC(C)(C)CCOC(=O)n1c(C(=O)O)cc2cc(O)ccc21. The third-order valence-corrected chi connectivity index (χ3v) is 3.26. The van der Waals surface area contributed by atoms with Gasteiger partial charge in [0.25, 0.3) is 0 Å². The van der Waals surface area contributed by atoms with Crippen LogP contribution in [0.4, 0.5) is 4.79 Å². The Hall–Kier alpha value is -2.50. The van der Waals surface area contributed by atoms with Gasteiger partial charge in [-0.1, -0.05) is 20.8 Å². The third kappa shape index (κ3) is 3.39. The molecule has 1 aromatic carbocycles. The van der Waals surface area contributed by atoms with Crippen LogP contribution >= 0.6 is 0 Å². The quantitative estimate of drug-likeness (QED) is 0.906. The number of carbonyl (C=O) groups excluding carboxylic acids is 1.